The minimum Gasteiger partial charge on any atom is -0.379 e. The minimum absolute atomic E-state index is 0.00344. The maximum absolute atomic E-state index is 15.8. The van der Waals surface area contributed by atoms with E-state index in [1.165, 1.54) is 38.8 Å². The van der Waals surface area contributed by atoms with Crippen LogP contribution >= 0.6 is 0 Å². The minimum atomic E-state index is -5.44. The number of methoxy groups -OCH3 is 1. The lowest BCUT2D eigenvalue weighted by atomic mass is 9.95. The van der Waals surface area contributed by atoms with Crippen LogP contribution in [0.15, 0.2) is 71.7 Å². The van der Waals surface area contributed by atoms with Crippen LogP contribution < -0.4 is 4.90 Å². The number of anilines is 1. The quantitative estimate of drug-likeness (QED) is 0.251. The number of carbonyl (C=O) groups is 1. The zero-order chi connectivity index (χ0) is 32.6. The van der Waals surface area contributed by atoms with E-state index in [0.717, 1.165) is 6.07 Å². The van der Waals surface area contributed by atoms with E-state index < -0.39 is 40.5 Å². The molecule has 9 nitrogen and oxygen atoms in total. The Morgan fingerprint density at radius 3 is 2.52 bits per heavy atom. The van der Waals surface area contributed by atoms with Gasteiger partial charge in [0, 0.05) is 68.5 Å². The standard InChI is InChI=1S/C32H27F5N6O3/c1-19-27(23-7-3-4-9-39-23)41-24-15-21(33)14-22(34)26(24)29(19)43(30(44)32(35,36)37)25-16-31(45-2,42-10-12-46-13-11-42)18-40-28(25)20-6-5-8-38-17-20/h3-9,14-15,17-18H,10-13,16H2,1-2H3. The fourth-order valence-corrected chi connectivity index (χ4v) is 5.83. The van der Waals surface area contributed by atoms with Gasteiger partial charge in [0.25, 0.3) is 0 Å². The number of morpholine rings is 1. The van der Waals surface area contributed by atoms with Crippen molar-refractivity contribution in [2.75, 3.05) is 38.3 Å². The first kappa shape index (κ1) is 31.3. The van der Waals surface area contributed by atoms with Crippen LogP contribution in [0.4, 0.5) is 27.6 Å². The average Bonchev–Trinajstić information content (AvgIpc) is 3.06. The molecule has 2 aliphatic rings. The topological polar surface area (TPSA) is 93.0 Å². The van der Waals surface area contributed by atoms with Gasteiger partial charge in [0.05, 0.1) is 58.8 Å². The number of aliphatic imine (C=N–C) groups is 1. The second kappa shape index (κ2) is 12.3. The first-order chi connectivity index (χ1) is 22.0. The van der Waals surface area contributed by atoms with E-state index in [4.69, 9.17) is 9.47 Å². The summed E-state index contributed by atoms with van der Waals surface area (Å²) < 4.78 is 86.0. The van der Waals surface area contributed by atoms with E-state index in [9.17, 15) is 22.4 Å². The van der Waals surface area contributed by atoms with Gasteiger partial charge in [-0.3, -0.25) is 29.6 Å². The normalized spacial score (nSPS) is 19.1. The summed E-state index contributed by atoms with van der Waals surface area (Å²) in [5.74, 6) is -4.53. The molecule has 1 atom stereocenters. The molecule has 238 valence electrons. The van der Waals surface area contributed by atoms with Crippen LogP contribution in [0.25, 0.3) is 28.0 Å². The van der Waals surface area contributed by atoms with Crippen LogP contribution in [0, 0.1) is 18.6 Å². The van der Waals surface area contributed by atoms with Crippen LogP contribution in [0.1, 0.15) is 17.5 Å². The number of rotatable bonds is 6. The molecule has 0 radical (unpaired) electrons. The van der Waals surface area contributed by atoms with E-state index in [2.05, 4.69) is 19.9 Å². The monoisotopic (exact) mass is 638 g/mol. The number of alkyl halides is 3. The van der Waals surface area contributed by atoms with Crippen molar-refractivity contribution in [1.82, 2.24) is 19.9 Å². The maximum atomic E-state index is 15.8. The molecule has 0 bridgehead atoms. The van der Waals surface area contributed by atoms with Crippen LogP contribution in [0.2, 0.25) is 0 Å². The van der Waals surface area contributed by atoms with E-state index in [1.54, 1.807) is 30.3 Å². The highest BCUT2D eigenvalue weighted by atomic mass is 19.4. The number of ether oxygens (including phenoxy) is 2. The molecule has 1 fully saturated rings. The number of pyridine rings is 3. The predicted octanol–water partition coefficient (Wildman–Crippen LogP) is 5.69. The van der Waals surface area contributed by atoms with Crippen molar-refractivity contribution in [3.63, 3.8) is 0 Å². The van der Waals surface area contributed by atoms with Crippen molar-refractivity contribution in [2.45, 2.75) is 25.2 Å². The smallest absolute Gasteiger partial charge is 0.379 e. The summed E-state index contributed by atoms with van der Waals surface area (Å²) in [5.41, 5.74) is -1.91. The molecule has 1 aromatic carbocycles. The molecule has 14 heteroatoms. The lowest BCUT2D eigenvalue weighted by molar-refractivity contribution is -0.170. The van der Waals surface area contributed by atoms with Gasteiger partial charge in [-0.1, -0.05) is 6.07 Å². The molecule has 0 spiro atoms. The molecule has 0 aliphatic carbocycles. The van der Waals surface area contributed by atoms with Crippen LogP contribution in [0.3, 0.4) is 0 Å². The summed E-state index contributed by atoms with van der Waals surface area (Å²) in [6, 6.07) is 9.39. The summed E-state index contributed by atoms with van der Waals surface area (Å²) in [7, 11) is 1.39. The molecule has 3 aromatic heterocycles. The van der Waals surface area contributed by atoms with Crippen LogP contribution in [-0.4, -0.2) is 77.3 Å². The van der Waals surface area contributed by atoms with Crippen molar-refractivity contribution in [2.24, 2.45) is 4.99 Å². The molecule has 1 unspecified atom stereocenters. The van der Waals surface area contributed by atoms with Gasteiger partial charge in [0.15, 0.2) is 5.72 Å². The molecule has 0 N–H and O–H groups in total. The van der Waals surface area contributed by atoms with Gasteiger partial charge < -0.3 is 9.47 Å². The number of amides is 1. The second-order valence-electron chi connectivity index (χ2n) is 10.7. The summed E-state index contributed by atoms with van der Waals surface area (Å²) in [6.45, 7) is 2.79. The number of benzene rings is 1. The molecular weight excluding hydrogens is 611 g/mol. The molecule has 5 heterocycles. The van der Waals surface area contributed by atoms with Crippen molar-refractivity contribution < 1.29 is 36.2 Å². The van der Waals surface area contributed by atoms with E-state index in [-0.39, 0.29) is 40.3 Å². The van der Waals surface area contributed by atoms with Crippen molar-refractivity contribution in [3.05, 3.63) is 89.5 Å². The Bertz CT molecular complexity index is 1850. The number of fused-ring (bicyclic) bond motifs is 1. The van der Waals surface area contributed by atoms with Crippen molar-refractivity contribution >= 4 is 34.4 Å². The van der Waals surface area contributed by atoms with Gasteiger partial charge in [0.2, 0.25) is 0 Å². The number of halogens is 5. The third kappa shape index (κ3) is 5.63. The van der Waals surface area contributed by atoms with Crippen LogP contribution in [0.5, 0.6) is 0 Å². The highest BCUT2D eigenvalue weighted by Crippen LogP contribution is 2.45. The second-order valence-corrected chi connectivity index (χ2v) is 10.7. The van der Waals surface area contributed by atoms with Crippen molar-refractivity contribution in [3.8, 4) is 11.4 Å². The Morgan fingerprint density at radius 1 is 1.09 bits per heavy atom. The first-order valence-corrected chi connectivity index (χ1v) is 14.2. The Labute approximate surface area is 260 Å². The zero-order valence-electron chi connectivity index (χ0n) is 24.7. The largest absolute Gasteiger partial charge is 0.472 e. The van der Waals surface area contributed by atoms with Crippen molar-refractivity contribution in [1.29, 1.82) is 0 Å². The molecule has 2 aliphatic heterocycles. The fourth-order valence-electron chi connectivity index (χ4n) is 5.83. The fraction of sp³-hybridized carbons (Fsp3) is 0.281. The highest BCUT2D eigenvalue weighted by molar-refractivity contribution is 6.11. The summed E-state index contributed by atoms with van der Waals surface area (Å²) >= 11 is 0. The average molecular weight is 639 g/mol. The summed E-state index contributed by atoms with van der Waals surface area (Å²) in [6.07, 6.45) is 0.0407. The summed E-state index contributed by atoms with van der Waals surface area (Å²) in [4.78, 5) is 33.4. The molecule has 1 amide bonds. The maximum Gasteiger partial charge on any atom is 0.472 e. The third-order valence-corrected chi connectivity index (χ3v) is 7.98. The Balaban J connectivity index is 1.71. The SMILES string of the molecule is COC1(N2CCOCC2)C=NC(c2cccnc2)=C(N(C(=O)C(F)(F)F)c2c(C)c(-c3ccccn3)nc3cc(F)cc(F)c23)C1. The Morgan fingerprint density at radius 2 is 1.87 bits per heavy atom. The molecule has 0 saturated carbocycles. The molecular formula is C32H27F5N6O3. The van der Waals surface area contributed by atoms with Gasteiger partial charge in [-0.15, -0.1) is 0 Å². The molecule has 46 heavy (non-hydrogen) atoms. The predicted molar refractivity (Wildman–Crippen MR) is 160 cm³/mol. The van der Waals surface area contributed by atoms with E-state index in [0.29, 0.717) is 42.8 Å². The molecule has 6 rings (SSSR count). The number of carbonyl (C=O) groups excluding carboxylic acids is 1. The van der Waals surface area contributed by atoms with Crippen LogP contribution in [-0.2, 0) is 14.3 Å². The zero-order valence-corrected chi connectivity index (χ0v) is 24.7. The van der Waals surface area contributed by atoms with Gasteiger partial charge in [-0.2, -0.15) is 13.2 Å². The van der Waals surface area contributed by atoms with E-state index in [1.807, 2.05) is 4.90 Å². The Hall–Kier alpha value is -4.66. The van der Waals surface area contributed by atoms with Gasteiger partial charge in [-0.05, 0) is 31.2 Å². The lowest BCUT2D eigenvalue weighted by Gasteiger charge is -2.45. The van der Waals surface area contributed by atoms with Gasteiger partial charge in [-0.25, -0.2) is 13.8 Å². The number of aromatic nitrogens is 3. The number of hydrogen-bond acceptors (Lipinski definition) is 8. The molecule has 4 aromatic rings. The highest BCUT2D eigenvalue weighted by Gasteiger charge is 2.50. The Kier molecular flexibility index (Phi) is 8.35. The molecule has 1 saturated heterocycles. The van der Waals surface area contributed by atoms with Gasteiger partial charge >= 0.3 is 12.1 Å². The number of nitrogens with zero attached hydrogens (tertiary/aromatic N) is 6. The summed E-state index contributed by atoms with van der Waals surface area (Å²) in [5, 5.41) is -0.488. The number of hydrogen-bond donors (Lipinski definition) is 0. The third-order valence-electron chi connectivity index (χ3n) is 7.98. The lowest BCUT2D eigenvalue weighted by Crippen LogP contribution is -2.58. The first-order valence-electron chi connectivity index (χ1n) is 14.2. The van der Waals surface area contributed by atoms with E-state index >= 15 is 4.39 Å². The van der Waals surface area contributed by atoms with Gasteiger partial charge in [0.1, 0.15) is 11.6 Å².